The molecular weight excluding hydrogens is 116 g/mol. The maximum absolute atomic E-state index is 9.99. The van der Waals surface area contributed by atoms with E-state index in [0.717, 1.165) is 6.29 Å². The summed E-state index contributed by atoms with van der Waals surface area (Å²) in [6.07, 6.45) is 2.54. The van der Waals surface area contributed by atoms with E-state index in [1.807, 2.05) is 6.92 Å². The summed E-state index contributed by atoms with van der Waals surface area (Å²) in [7, 11) is 0. The highest BCUT2D eigenvalue weighted by atomic mass is 16.5. The van der Waals surface area contributed by atoms with Crippen LogP contribution in [0.1, 0.15) is 6.92 Å². The lowest BCUT2D eigenvalue weighted by Crippen LogP contribution is -2.06. The lowest BCUT2D eigenvalue weighted by molar-refractivity contribution is -0.112. The lowest BCUT2D eigenvalue weighted by atomic mass is 10.2. The van der Waals surface area contributed by atoms with E-state index in [1.54, 1.807) is 6.08 Å². The molecule has 0 amide bonds. The summed E-state index contributed by atoms with van der Waals surface area (Å²) >= 11 is 0. The smallest absolute Gasteiger partial charge is 0.125 e. The van der Waals surface area contributed by atoms with Gasteiger partial charge in [-0.2, -0.15) is 0 Å². The van der Waals surface area contributed by atoms with Gasteiger partial charge in [0.05, 0.1) is 13.2 Å². The molecule has 0 aliphatic rings. The summed E-state index contributed by atoms with van der Waals surface area (Å²) in [5.41, 5.74) is 0. The zero-order valence-corrected chi connectivity index (χ0v) is 5.67. The van der Waals surface area contributed by atoms with Crippen molar-refractivity contribution in [3.63, 3.8) is 0 Å². The van der Waals surface area contributed by atoms with Crippen LogP contribution in [0, 0.1) is 5.92 Å². The van der Waals surface area contributed by atoms with Crippen molar-refractivity contribution in [2.75, 3.05) is 13.2 Å². The highest BCUT2D eigenvalue weighted by molar-refractivity contribution is 5.52. The first kappa shape index (κ1) is 8.37. The number of carbonyl (C=O) groups excluding carboxylic acids is 1. The van der Waals surface area contributed by atoms with E-state index >= 15 is 0 Å². The van der Waals surface area contributed by atoms with Gasteiger partial charge in [-0.05, 0) is 0 Å². The van der Waals surface area contributed by atoms with E-state index in [9.17, 15) is 4.79 Å². The minimum atomic E-state index is 0.00458. The first-order valence-corrected chi connectivity index (χ1v) is 2.95. The van der Waals surface area contributed by atoms with Crippen molar-refractivity contribution in [3.8, 4) is 0 Å². The number of carbonyl (C=O) groups is 1. The number of hydrogen-bond acceptors (Lipinski definition) is 2. The van der Waals surface area contributed by atoms with Crippen molar-refractivity contribution in [1.82, 2.24) is 0 Å². The van der Waals surface area contributed by atoms with Gasteiger partial charge in [0, 0.05) is 5.92 Å². The molecule has 0 radical (unpaired) electrons. The Balaban J connectivity index is 3.05. The van der Waals surface area contributed by atoms with Crippen LogP contribution >= 0.6 is 0 Å². The van der Waals surface area contributed by atoms with Crippen LogP contribution < -0.4 is 0 Å². The fourth-order valence-corrected chi connectivity index (χ4v) is 0.377. The van der Waals surface area contributed by atoms with E-state index < -0.39 is 0 Å². The van der Waals surface area contributed by atoms with Gasteiger partial charge in [-0.15, -0.1) is 6.58 Å². The Morgan fingerprint density at radius 2 is 2.44 bits per heavy atom. The SMILES string of the molecule is C=CCOC[C@H](C)C=O. The summed E-state index contributed by atoms with van der Waals surface area (Å²) in [5, 5.41) is 0. The predicted octanol–water partition coefficient (Wildman–Crippen LogP) is 1.02. The largest absolute Gasteiger partial charge is 0.377 e. The normalized spacial score (nSPS) is 12.6. The average Bonchev–Trinajstić information content (AvgIpc) is 1.89. The van der Waals surface area contributed by atoms with Crippen molar-refractivity contribution in [2.45, 2.75) is 6.92 Å². The molecule has 0 aliphatic carbocycles. The van der Waals surface area contributed by atoms with Crippen molar-refractivity contribution < 1.29 is 9.53 Å². The molecule has 0 rings (SSSR count). The van der Waals surface area contributed by atoms with Crippen molar-refractivity contribution in [3.05, 3.63) is 12.7 Å². The van der Waals surface area contributed by atoms with E-state index in [2.05, 4.69) is 6.58 Å². The molecule has 0 spiro atoms. The van der Waals surface area contributed by atoms with Crippen LogP contribution in [-0.2, 0) is 9.53 Å². The van der Waals surface area contributed by atoms with Gasteiger partial charge in [0.15, 0.2) is 0 Å². The van der Waals surface area contributed by atoms with Crippen molar-refractivity contribution in [2.24, 2.45) is 5.92 Å². The van der Waals surface area contributed by atoms with Crippen LogP contribution in [0.4, 0.5) is 0 Å². The van der Waals surface area contributed by atoms with Crippen LogP contribution in [0.15, 0.2) is 12.7 Å². The Kier molecular flexibility index (Phi) is 5.12. The zero-order chi connectivity index (χ0) is 7.11. The maximum Gasteiger partial charge on any atom is 0.125 e. The highest BCUT2D eigenvalue weighted by Gasteiger charge is 1.96. The van der Waals surface area contributed by atoms with Gasteiger partial charge in [-0.1, -0.05) is 13.0 Å². The average molecular weight is 128 g/mol. The number of rotatable bonds is 5. The fourth-order valence-electron chi connectivity index (χ4n) is 0.377. The number of ether oxygens (including phenoxy) is 1. The Labute approximate surface area is 55.5 Å². The highest BCUT2D eigenvalue weighted by Crippen LogP contribution is 1.89. The molecule has 2 nitrogen and oxygen atoms in total. The molecule has 0 unspecified atom stereocenters. The summed E-state index contributed by atoms with van der Waals surface area (Å²) in [4.78, 5) is 9.99. The third-order valence-electron chi connectivity index (χ3n) is 0.849. The summed E-state index contributed by atoms with van der Waals surface area (Å²) in [6.45, 7) is 6.31. The monoisotopic (exact) mass is 128 g/mol. The molecule has 9 heavy (non-hydrogen) atoms. The predicted molar refractivity (Wildman–Crippen MR) is 36.2 cm³/mol. The maximum atomic E-state index is 9.99. The molecule has 52 valence electrons. The van der Waals surface area contributed by atoms with E-state index in [4.69, 9.17) is 4.74 Å². The quantitative estimate of drug-likeness (QED) is 0.314. The zero-order valence-electron chi connectivity index (χ0n) is 5.67. The van der Waals surface area contributed by atoms with Gasteiger partial charge in [-0.3, -0.25) is 0 Å². The molecule has 0 heterocycles. The molecule has 0 N–H and O–H groups in total. The minimum Gasteiger partial charge on any atom is -0.377 e. The van der Waals surface area contributed by atoms with Gasteiger partial charge in [0.1, 0.15) is 6.29 Å². The Hall–Kier alpha value is -0.630. The number of aldehydes is 1. The van der Waals surface area contributed by atoms with Gasteiger partial charge >= 0.3 is 0 Å². The summed E-state index contributed by atoms with van der Waals surface area (Å²) in [6, 6.07) is 0. The first-order chi connectivity index (χ1) is 4.31. The van der Waals surface area contributed by atoms with Crippen LogP contribution in [0.25, 0.3) is 0 Å². The van der Waals surface area contributed by atoms with E-state index in [1.165, 1.54) is 0 Å². The van der Waals surface area contributed by atoms with E-state index in [-0.39, 0.29) is 5.92 Å². The molecular formula is C7H12O2. The third kappa shape index (κ3) is 5.24. The van der Waals surface area contributed by atoms with Crippen LogP contribution in [0.2, 0.25) is 0 Å². The van der Waals surface area contributed by atoms with Gasteiger partial charge in [0.25, 0.3) is 0 Å². The van der Waals surface area contributed by atoms with Crippen molar-refractivity contribution >= 4 is 6.29 Å². The second kappa shape index (κ2) is 5.51. The second-order valence-corrected chi connectivity index (χ2v) is 1.94. The molecule has 0 aromatic rings. The molecule has 2 heteroatoms. The lowest BCUT2D eigenvalue weighted by Gasteiger charge is -2.01. The van der Waals surface area contributed by atoms with E-state index in [0.29, 0.717) is 13.2 Å². The third-order valence-corrected chi connectivity index (χ3v) is 0.849. The standard InChI is InChI=1S/C7H12O2/c1-3-4-9-6-7(2)5-8/h3,5,7H,1,4,6H2,2H3/t7-/m1/s1. The molecule has 0 aliphatic heterocycles. The van der Waals surface area contributed by atoms with Crippen LogP contribution in [0.5, 0.6) is 0 Å². The minimum absolute atomic E-state index is 0.00458. The first-order valence-electron chi connectivity index (χ1n) is 2.95. The van der Waals surface area contributed by atoms with Gasteiger partial charge in [-0.25, -0.2) is 0 Å². The molecule has 0 bridgehead atoms. The Morgan fingerprint density at radius 1 is 1.78 bits per heavy atom. The van der Waals surface area contributed by atoms with Crippen LogP contribution in [0.3, 0.4) is 0 Å². The molecule has 0 fully saturated rings. The molecule has 0 saturated heterocycles. The van der Waals surface area contributed by atoms with Crippen molar-refractivity contribution in [1.29, 1.82) is 0 Å². The molecule has 0 aromatic carbocycles. The molecule has 0 aromatic heterocycles. The topological polar surface area (TPSA) is 26.3 Å². The number of hydrogen-bond donors (Lipinski definition) is 0. The Morgan fingerprint density at radius 3 is 2.89 bits per heavy atom. The molecule has 0 saturated carbocycles. The van der Waals surface area contributed by atoms with Gasteiger partial charge in [0.2, 0.25) is 0 Å². The van der Waals surface area contributed by atoms with Crippen LogP contribution in [-0.4, -0.2) is 19.5 Å². The summed E-state index contributed by atoms with van der Waals surface area (Å²) < 4.78 is 4.99. The fraction of sp³-hybridized carbons (Fsp3) is 0.571. The second-order valence-electron chi connectivity index (χ2n) is 1.94. The Bertz CT molecular complexity index is 88.9. The molecule has 1 atom stereocenters. The van der Waals surface area contributed by atoms with Gasteiger partial charge < -0.3 is 9.53 Å². The summed E-state index contributed by atoms with van der Waals surface area (Å²) in [5.74, 6) is 0.00458.